The van der Waals surface area contributed by atoms with Crippen LogP contribution in [-0.4, -0.2) is 31.1 Å². The summed E-state index contributed by atoms with van der Waals surface area (Å²) in [6, 6.07) is 0. The van der Waals surface area contributed by atoms with Gasteiger partial charge in [-0.2, -0.15) is 0 Å². The molecule has 0 radical (unpaired) electrons. The molecule has 0 spiro atoms. The summed E-state index contributed by atoms with van der Waals surface area (Å²) in [6.45, 7) is 5.46. The highest BCUT2D eigenvalue weighted by molar-refractivity contribution is 5.05. The normalized spacial score (nSPS) is 34.5. The first-order chi connectivity index (χ1) is 5.46. The number of nitrogens with two attached hydrogens (primary N) is 1. The van der Waals surface area contributed by atoms with Crippen molar-refractivity contribution in [1.82, 2.24) is 4.90 Å². The molecule has 1 unspecified atom stereocenters. The van der Waals surface area contributed by atoms with E-state index in [0.29, 0.717) is 5.41 Å². The van der Waals surface area contributed by atoms with Gasteiger partial charge in [0.25, 0.3) is 0 Å². The van der Waals surface area contributed by atoms with Gasteiger partial charge < -0.3 is 10.6 Å². The molecule has 1 fully saturated rings. The summed E-state index contributed by atoms with van der Waals surface area (Å²) in [6.07, 6.45) is 3.88. The largest absolute Gasteiger partial charge is 0.329 e. The summed E-state index contributed by atoms with van der Waals surface area (Å²) >= 11 is 0. The highest BCUT2D eigenvalue weighted by atomic mass is 15.2. The molecule has 0 saturated heterocycles. The summed E-state index contributed by atoms with van der Waals surface area (Å²) < 4.78 is 0. The fourth-order valence-electron chi connectivity index (χ4n) is 2.78. The van der Waals surface area contributed by atoms with E-state index in [1.807, 2.05) is 0 Å². The Kier molecular flexibility index (Phi) is 2.50. The van der Waals surface area contributed by atoms with Crippen LogP contribution >= 0.6 is 0 Å². The van der Waals surface area contributed by atoms with Crippen molar-refractivity contribution in [3.05, 3.63) is 0 Å². The third-order valence-corrected chi connectivity index (χ3v) is 3.85. The lowest BCUT2D eigenvalue weighted by Gasteiger charge is -2.46. The molecule has 1 aliphatic carbocycles. The first kappa shape index (κ1) is 10.0. The number of rotatable bonds is 2. The second-order valence-electron chi connectivity index (χ2n) is 4.87. The van der Waals surface area contributed by atoms with Crippen LogP contribution in [0.5, 0.6) is 0 Å². The number of hydrogen-bond acceptors (Lipinski definition) is 2. The topological polar surface area (TPSA) is 29.3 Å². The molecule has 0 amide bonds. The minimum atomic E-state index is 0.243. The van der Waals surface area contributed by atoms with E-state index in [-0.39, 0.29) is 5.54 Å². The highest BCUT2D eigenvalue weighted by Gasteiger charge is 2.49. The third kappa shape index (κ3) is 1.17. The Labute approximate surface area is 76.1 Å². The van der Waals surface area contributed by atoms with E-state index in [4.69, 9.17) is 5.73 Å². The lowest BCUT2D eigenvalue weighted by molar-refractivity contribution is 0.0546. The van der Waals surface area contributed by atoms with Gasteiger partial charge in [-0.1, -0.05) is 20.3 Å². The predicted octanol–water partition coefficient (Wildman–Crippen LogP) is 1.46. The van der Waals surface area contributed by atoms with Crippen molar-refractivity contribution in [2.75, 3.05) is 20.6 Å². The summed E-state index contributed by atoms with van der Waals surface area (Å²) in [5, 5.41) is 0. The van der Waals surface area contributed by atoms with E-state index in [0.717, 1.165) is 6.54 Å². The molecular formula is C10H22N2. The van der Waals surface area contributed by atoms with Crippen molar-refractivity contribution in [2.45, 2.75) is 38.6 Å². The predicted molar refractivity (Wildman–Crippen MR) is 53.1 cm³/mol. The second-order valence-corrected chi connectivity index (χ2v) is 4.87. The van der Waals surface area contributed by atoms with Crippen molar-refractivity contribution >= 4 is 0 Å². The van der Waals surface area contributed by atoms with E-state index < -0.39 is 0 Å². The Hall–Kier alpha value is -0.0800. The van der Waals surface area contributed by atoms with Crippen LogP contribution < -0.4 is 5.73 Å². The Bertz CT molecular complexity index is 163. The summed E-state index contributed by atoms with van der Waals surface area (Å²) in [5.74, 6) is 0. The average molecular weight is 170 g/mol. The minimum Gasteiger partial charge on any atom is -0.329 e. The maximum absolute atomic E-state index is 5.90. The van der Waals surface area contributed by atoms with Gasteiger partial charge in [-0.25, -0.2) is 0 Å². The van der Waals surface area contributed by atoms with E-state index in [2.05, 4.69) is 32.8 Å². The van der Waals surface area contributed by atoms with Gasteiger partial charge >= 0.3 is 0 Å². The third-order valence-electron chi connectivity index (χ3n) is 3.85. The molecule has 1 rings (SSSR count). The van der Waals surface area contributed by atoms with Crippen LogP contribution in [0.1, 0.15) is 33.1 Å². The maximum atomic E-state index is 5.90. The quantitative estimate of drug-likeness (QED) is 0.680. The van der Waals surface area contributed by atoms with Crippen LogP contribution in [0.3, 0.4) is 0 Å². The molecule has 1 atom stereocenters. The number of likely N-dealkylation sites (N-methyl/N-ethyl adjacent to an activating group) is 1. The van der Waals surface area contributed by atoms with Crippen molar-refractivity contribution < 1.29 is 0 Å². The van der Waals surface area contributed by atoms with Gasteiger partial charge in [0.2, 0.25) is 0 Å². The van der Waals surface area contributed by atoms with Gasteiger partial charge in [-0.3, -0.25) is 0 Å². The molecule has 1 saturated carbocycles. The molecule has 72 valence electrons. The SMILES string of the molecule is CN(C)C1(CN)CCCC1(C)C. The molecule has 0 heterocycles. The lowest BCUT2D eigenvalue weighted by Crippen LogP contribution is -2.56. The molecule has 2 heteroatoms. The van der Waals surface area contributed by atoms with Crippen LogP contribution in [-0.2, 0) is 0 Å². The fourth-order valence-corrected chi connectivity index (χ4v) is 2.78. The smallest absolute Gasteiger partial charge is 0.0376 e. The molecule has 1 aliphatic rings. The van der Waals surface area contributed by atoms with Gasteiger partial charge in [0, 0.05) is 12.1 Å². The van der Waals surface area contributed by atoms with Crippen molar-refractivity contribution in [1.29, 1.82) is 0 Å². The summed E-state index contributed by atoms with van der Waals surface area (Å²) in [5.41, 5.74) is 6.53. The molecule has 2 N–H and O–H groups in total. The van der Waals surface area contributed by atoms with E-state index in [9.17, 15) is 0 Å². The standard InChI is InChI=1S/C10H22N2/c1-9(2)6-5-7-10(9,8-11)12(3)4/h5-8,11H2,1-4H3. The molecule has 0 bridgehead atoms. The van der Waals surface area contributed by atoms with Gasteiger partial charge in [0.05, 0.1) is 0 Å². The fraction of sp³-hybridized carbons (Fsp3) is 1.00. The van der Waals surface area contributed by atoms with Crippen LogP contribution in [0.25, 0.3) is 0 Å². The molecule has 0 aromatic heterocycles. The zero-order chi connectivity index (χ0) is 9.41. The monoisotopic (exact) mass is 170 g/mol. The zero-order valence-corrected chi connectivity index (χ0v) is 8.85. The Morgan fingerprint density at radius 3 is 2.00 bits per heavy atom. The Balaban J connectivity index is 2.92. The van der Waals surface area contributed by atoms with Gasteiger partial charge in [0.15, 0.2) is 0 Å². The van der Waals surface area contributed by atoms with Crippen molar-refractivity contribution in [3.63, 3.8) is 0 Å². The number of nitrogens with zero attached hydrogens (tertiary/aromatic N) is 1. The Morgan fingerprint density at radius 2 is 1.83 bits per heavy atom. The molecule has 0 aliphatic heterocycles. The van der Waals surface area contributed by atoms with Crippen LogP contribution in [0.15, 0.2) is 0 Å². The van der Waals surface area contributed by atoms with Crippen LogP contribution in [0, 0.1) is 5.41 Å². The molecular weight excluding hydrogens is 148 g/mol. The maximum Gasteiger partial charge on any atom is 0.0376 e. The summed E-state index contributed by atoms with van der Waals surface area (Å²) in [7, 11) is 4.31. The first-order valence-electron chi connectivity index (χ1n) is 4.84. The van der Waals surface area contributed by atoms with Gasteiger partial charge in [0.1, 0.15) is 0 Å². The van der Waals surface area contributed by atoms with Gasteiger partial charge in [-0.05, 0) is 32.4 Å². The first-order valence-corrected chi connectivity index (χ1v) is 4.84. The van der Waals surface area contributed by atoms with Crippen LogP contribution in [0.2, 0.25) is 0 Å². The van der Waals surface area contributed by atoms with Crippen LogP contribution in [0.4, 0.5) is 0 Å². The van der Waals surface area contributed by atoms with Crippen molar-refractivity contribution in [3.8, 4) is 0 Å². The van der Waals surface area contributed by atoms with Gasteiger partial charge in [-0.15, -0.1) is 0 Å². The minimum absolute atomic E-state index is 0.243. The summed E-state index contributed by atoms with van der Waals surface area (Å²) in [4.78, 5) is 2.32. The lowest BCUT2D eigenvalue weighted by atomic mass is 9.74. The molecule has 0 aromatic rings. The Morgan fingerprint density at radius 1 is 1.25 bits per heavy atom. The van der Waals surface area contributed by atoms with Crippen molar-refractivity contribution in [2.24, 2.45) is 11.1 Å². The second kappa shape index (κ2) is 3.00. The van der Waals surface area contributed by atoms with E-state index >= 15 is 0 Å². The molecule has 12 heavy (non-hydrogen) atoms. The average Bonchev–Trinajstić information content (AvgIpc) is 2.25. The van der Waals surface area contributed by atoms with E-state index in [1.165, 1.54) is 19.3 Å². The molecule has 0 aromatic carbocycles. The zero-order valence-electron chi connectivity index (χ0n) is 8.85. The molecule has 2 nitrogen and oxygen atoms in total. The van der Waals surface area contributed by atoms with E-state index in [1.54, 1.807) is 0 Å². The number of hydrogen-bond donors (Lipinski definition) is 1. The highest BCUT2D eigenvalue weighted by Crippen LogP contribution is 2.47.